The molecule has 0 radical (unpaired) electrons. The number of hydrogen-bond donors (Lipinski definition) is 1. The molecule has 1 aliphatic heterocycles. The number of fused-ring (bicyclic) bond motifs is 1. The number of furan rings is 1. The van der Waals surface area contributed by atoms with Crippen LogP contribution >= 0.6 is 34.4 Å². The number of nitrogens with zero attached hydrogens (tertiary/aromatic N) is 2. The maximum atomic E-state index is 12.2. The fraction of sp³-hybridized carbons (Fsp3) is 0.353. The molecule has 1 aromatic heterocycles. The smallest absolute Gasteiger partial charge is 0.263 e. The highest BCUT2D eigenvalue weighted by Crippen LogP contribution is 2.27. The van der Waals surface area contributed by atoms with Crippen LogP contribution in [0.1, 0.15) is 17.1 Å². The second-order valence-corrected chi connectivity index (χ2v) is 10.0. The van der Waals surface area contributed by atoms with Crippen LogP contribution < -0.4 is 4.72 Å². The minimum absolute atomic E-state index is 0.305. The first-order valence-corrected chi connectivity index (χ1v) is 11.7. The number of aliphatic imine (C=N–C) groups is 1. The lowest BCUT2D eigenvalue weighted by Gasteiger charge is -2.05. The first-order chi connectivity index (χ1) is 12.4. The number of amidine groups is 1. The molecule has 0 aliphatic carbocycles. The van der Waals surface area contributed by atoms with Crippen molar-refractivity contribution < 1.29 is 12.8 Å². The molecule has 9 heteroatoms. The van der Waals surface area contributed by atoms with Gasteiger partial charge in [0.15, 0.2) is 0 Å². The number of thioether (sulfide) groups is 1. The molecule has 0 bridgehead atoms. The molecule has 0 amide bonds. The third-order valence-electron chi connectivity index (χ3n) is 3.67. The van der Waals surface area contributed by atoms with Gasteiger partial charge in [0.2, 0.25) is 0 Å². The van der Waals surface area contributed by atoms with E-state index in [1.165, 1.54) is 0 Å². The summed E-state index contributed by atoms with van der Waals surface area (Å²) in [7, 11) is 0.532. The van der Waals surface area contributed by atoms with Crippen molar-refractivity contribution in [2.45, 2.75) is 17.2 Å². The quantitative estimate of drug-likeness (QED) is 0.463. The second kappa shape index (κ2) is 8.32. The van der Waals surface area contributed by atoms with Gasteiger partial charge in [0.25, 0.3) is 10.0 Å². The van der Waals surface area contributed by atoms with Crippen molar-refractivity contribution in [3.8, 4) is 0 Å². The van der Waals surface area contributed by atoms with Crippen molar-refractivity contribution in [1.29, 1.82) is 0 Å². The molecule has 0 fully saturated rings. The van der Waals surface area contributed by atoms with Crippen molar-refractivity contribution in [1.82, 2.24) is 9.62 Å². The van der Waals surface area contributed by atoms with Gasteiger partial charge in [0.1, 0.15) is 17.4 Å². The Morgan fingerprint density at radius 3 is 2.77 bits per heavy atom. The third-order valence-corrected chi connectivity index (χ3v) is 6.91. The average Bonchev–Trinajstić information content (AvgIpc) is 3.10. The molecule has 1 aliphatic rings. The van der Waals surface area contributed by atoms with E-state index in [-0.39, 0.29) is 0 Å². The summed E-state index contributed by atoms with van der Waals surface area (Å²) in [4.78, 5) is 6.83. The summed E-state index contributed by atoms with van der Waals surface area (Å²) in [5.41, 5.74) is 0.678. The standard InChI is InChI=1S/C17H20IN3O3S2/c1-21(2)10-12-6-7-13(24-12)11-25-9-8-19-17-16-14(18)4-3-5-15(16)26(22,23)20-17/h3-7H,8-11H2,1-2H3,(H,19,20). The number of rotatable bonds is 7. The van der Waals surface area contributed by atoms with Crippen LogP contribution in [0.25, 0.3) is 0 Å². The van der Waals surface area contributed by atoms with Gasteiger partial charge >= 0.3 is 0 Å². The van der Waals surface area contributed by atoms with Gasteiger partial charge in [0.05, 0.1) is 29.3 Å². The first-order valence-electron chi connectivity index (χ1n) is 8.03. The molecule has 2 heterocycles. The minimum atomic E-state index is -3.48. The largest absolute Gasteiger partial charge is 0.464 e. The van der Waals surface area contributed by atoms with Gasteiger partial charge in [-0.1, -0.05) is 6.07 Å². The molecule has 1 N–H and O–H groups in total. The molecule has 3 rings (SSSR count). The number of hydrogen-bond acceptors (Lipinski definition) is 6. The molecule has 0 unspecified atom stereocenters. The zero-order valence-electron chi connectivity index (χ0n) is 14.5. The SMILES string of the molecule is CN(C)Cc1ccc(CSCCN=C2NS(=O)(=O)c3cccc(I)c32)o1. The summed E-state index contributed by atoms with van der Waals surface area (Å²) in [5.74, 6) is 3.90. The zero-order valence-corrected chi connectivity index (χ0v) is 18.3. The Hall–Kier alpha value is -1.04. The van der Waals surface area contributed by atoms with Crippen LogP contribution in [0.3, 0.4) is 0 Å². The lowest BCUT2D eigenvalue weighted by molar-refractivity contribution is 0.344. The lowest BCUT2D eigenvalue weighted by atomic mass is 10.2. The molecule has 6 nitrogen and oxygen atoms in total. The van der Waals surface area contributed by atoms with Crippen LogP contribution in [-0.2, 0) is 22.3 Å². The Bertz CT molecular complexity index is 923. The van der Waals surface area contributed by atoms with E-state index in [2.05, 4.69) is 37.2 Å². The highest BCUT2D eigenvalue weighted by atomic mass is 127. The Morgan fingerprint density at radius 1 is 1.23 bits per heavy atom. The normalized spacial score (nSPS) is 16.8. The van der Waals surface area contributed by atoms with Crippen molar-refractivity contribution in [2.75, 3.05) is 26.4 Å². The molecule has 0 atom stereocenters. The van der Waals surface area contributed by atoms with E-state index in [1.807, 2.05) is 32.3 Å². The monoisotopic (exact) mass is 505 g/mol. The highest BCUT2D eigenvalue weighted by molar-refractivity contribution is 14.1. The number of sulfonamides is 1. The van der Waals surface area contributed by atoms with Crippen LogP contribution in [0.2, 0.25) is 0 Å². The van der Waals surface area contributed by atoms with Crippen LogP contribution in [0.5, 0.6) is 0 Å². The number of nitrogens with one attached hydrogen (secondary N) is 1. The molecule has 0 saturated heterocycles. The van der Waals surface area contributed by atoms with Crippen LogP contribution in [0, 0.1) is 3.57 Å². The summed E-state index contributed by atoms with van der Waals surface area (Å²) in [6, 6.07) is 9.24. The Kier molecular flexibility index (Phi) is 6.31. The molecule has 26 heavy (non-hydrogen) atoms. The van der Waals surface area contributed by atoms with Crippen LogP contribution in [0.15, 0.2) is 44.6 Å². The Balaban J connectivity index is 1.55. The molecule has 1 aromatic carbocycles. The van der Waals surface area contributed by atoms with Crippen LogP contribution in [-0.4, -0.2) is 45.5 Å². The number of benzene rings is 1. The minimum Gasteiger partial charge on any atom is -0.464 e. The first kappa shape index (κ1) is 19.7. The Labute approximate surface area is 171 Å². The lowest BCUT2D eigenvalue weighted by Crippen LogP contribution is -2.22. The van der Waals surface area contributed by atoms with Gasteiger partial charge in [0, 0.05) is 9.32 Å². The summed E-state index contributed by atoms with van der Waals surface area (Å²) in [6.07, 6.45) is 0. The molecular weight excluding hydrogens is 485 g/mol. The van der Waals surface area contributed by atoms with E-state index < -0.39 is 10.0 Å². The zero-order chi connectivity index (χ0) is 18.7. The highest BCUT2D eigenvalue weighted by Gasteiger charge is 2.32. The molecule has 0 saturated carbocycles. The van der Waals surface area contributed by atoms with Gasteiger partial charge in [-0.05, 0) is 61.0 Å². The van der Waals surface area contributed by atoms with Crippen LogP contribution in [0.4, 0.5) is 0 Å². The average molecular weight is 505 g/mol. The van der Waals surface area contributed by atoms with Gasteiger partial charge in [-0.2, -0.15) is 11.8 Å². The van der Waals surface area contributed by atoms with E-state index in [0.29, 0.717) is 22.8 Å². The van der Waals surface area contributed by atoms with Crippen molar-refractivity contribution in [3.63, 3.8) is 0 Å². The van der Waals surface area contributed by atoms with Crippen molar-refractivity contribution >= 4 is 50.2 Å². The van der Waals surface area contributed by atoms with Gasteiger partial charge in [-0.15, -0.1) is 0 Å². The maximum absolute atomic E-state index is 12.2. The number of halogens is 1. The van der Waals surface area contributed by atoms with E-state index in [1.54, 1.807) is 23.9 Å². The van der Waals surface area contributed by atoms with E-state index in [0.717, 1.165) is 33.1 Å². The van der Waals surface area contributed by atoms with Crippen molar-refractivity contribution in [2.24, 2.45) is 4.99 Å². The summed E-state index contributed by atoms with van der Waals surface area (Å²) in [5, 5.41) is 0. The third kappa shape index (κ3) is 4.62. The molecule has 140 valence electrons. The maximum Gasteiger partial charge on any atom is 0.263 e. The van der Waals surface area contributed by atoms with Crippen molar-refractivity contribution in [3.05, 3.63) is 51.0 Å². The van der Waals surface area contributed by atoms with E-state index >= 15 is 0 Å². The fourth-order valence-corrected chi connectivity index (χ4v) is 5.52. The molecular formula is C17H20IN3O3S2. The summed E-state index contributed by atoms with van der Waals surface area (Å²) < 4.78 is 33.5. The Morgan fingerprint density at radius 2 is 2.00 bits per heavy atom. The van der Waals surface area contributed by atoms with Gasteiger partial charge < -0.3 is 9.32 Å². The predicted octanol–water partition coefficient (Wildman–Crippen LogP) is 2.92. The molecule has 2 aromatic rings. The second-order valence-electron chi connectivity index (χ2n) is 6.11. The molecule has 0 spiro atoms. The van der Waals surface area contributed by atoms with Gasteiger partial charge in [-0.3, -0.25) is 9.71 Å². The van der Waals surface area contributed by atoms with E-state index in [9.17, 15) is 8.42 Å². The topological polar surface area (TPSA) is 74.9 Å². The van der Waals surface area contributed by atoms with E-state index in [4.69, 9.17) is 4.42 Å². The fourth-order valence-electron chi connectivity index (χ4n) is 2.59. The predicted molar refractivity (Wildman–Crippen MR) is 113 cm³/mol. The summed E-state index contributed by atoms with van der Waals surface area (Å²) >= 11 is 3.85. The summed E-state index contributed by atoms with van der Waals surface area (Å²) in [6.45, 7) is 1.33. The van der Waals surface area contributed by atoms with Gasteiger partial charge in [-0.25, -0.2) is 8.42 Å².